The van der Waals surface area contributed by atoms with Crippen LogP contribution in [0.1, 0.15) is 45.5 Å². The van der Waals surface area contributed by atoms with Crippen LogP contribution < -0.4 is 4.74 Å². The molecule has 0 bridgehead atoms. The molecule has 0 spiro atoms. The second kappa shape index (κ2) is 9.12. The molecular formula is C25H24BrN3O3. The summed E-state index contributed by atoms with van der Waals surface area (Å²) < 4.78 is 8.61. The lowest BCUT2D eigenvalue weighted by Gasteiger charge is -2.11. The molecule has 4 aromatic rings. The lowest BCUT2D eigenvalue weighted by atomic mass is 10.1. The first kappa shape index (κ1) is 22.0. The minimum Gasteiger partial charge on any atom is -0.489 e. The number of ether oxygens (including phenoxy) is 1. The van der Waals surface area contributed by atoms with Crippen molar-refractivity contribution in [2.24, 2.45) is 0 Å². The van der Waals surface area contributed by atoms with Crippen molar-refractivity contribution in [2.45, 2.75) is 40.3 Å². The average molecular weight is 494 g/mol. The van der Waals surface area contributed by atoms with Crippen LogP contribution >= 0.6 is 15.9 Å². The number of nitrogens with zero attached hydrogens (tertiary/aromatic N) is 3. The molecule has 4 rings (SSSR count). The van der Waals surface area contributed by atoms with Crippen molar-refractivity contribution in [3.05, 3.63) is 86.8 Å². The smallest absolute Gasteiger partial charge is 0.336 e. The molecule has 0 saturated heterocycles. The Bertz CT molecular complexity index is 1300. The van der Waals surface area contributed by atoms with Crippen LogP contribution in [0.3, 0.4) is 0 Å². The third kappa shape index (κ3) is 4.39. The fourth-order valence-electron chi connectivity index (χ4n) is 3.78. The van der Waals surface area contributed by atoms with Crippen molar-refractivity contribution in [3.63, 3.8) is 0 Å². The number of benzene rings is 2. The van der Waals surface area contributed by atoms with Crippen molar-refractivity contribution in [2.75, 3.05) is 0 Å². The van der Waals surface area contributed by atoms with Crippen LogP contribution in [0, 0.1) is 13.8 Å². The van der Waals surface area contributed by atoms with Crippen LogP contribution in [0.25, 0.3) is 11.2 Å². The summed E-state index contributed by atoms with van der Waals surface area (Å²) in [5, 5.41) is 9.26. The molecular weight excluding hydrogens is 470 g/mol. The Morgan fingerprint density at radius 3 is 2.56 bits per heavy atom. The van der Waals surface area contributed by atoms with Gasteiger partial charge >= 0.3 is 5.97 Å². The molecule has 0 aliphatic carbocycles. The van der Waals surface area contributed by atoms with Crippen LogP contribution in [-0.2, 0) is 19.6 Å². The average Bonchev–Trinajstić information content (AvgIpc) is 3.11. The predicted octanol–water partition coefficient (Wildman–Crippen LogP) is 5.70. The number of hydrogen-bond donors (Lipinski definition) is 1. The van der Waals surface area contributed by atoms with Crippen LogP contribution in [0.5, 0.6) is 5.75 Å². The fraction of sp³-hybridized carbons (Fsp3) is 0.240. The summed E-state index contributed by atoms with van der Waals surface area (Å²) in [7, 11) is 0. The molecule has 6 nitrogen and oxygen atoms in total. The summed E-state index contributed by atoms with van der Waals surface area (Å²) in [6.07, 6.45) is 0.834. The molecule has 0 aliphatic rings. The summed E-state index contributed by atoms with van der Waals surface area (Å²) >= 11 is 3.37. The van der Waals surface area contributed by atoms with E-state index < -0.39 is 5.97 Å². The summed E-state index contributed by atoms with van der Waals surface area (Å²) in [6, 6.07) is 15.1. The summed E-state index contributed by atoms with van der Waals surface area (Å²) in [6.45, 7) is 7.14. The molecule has 2 heterocycles. The largest absolute Gasteiger partial charge is 0.489 e. The SMILES string of the molecule is CCc1nc2c(C)cc(C)nc2n1Cc1ccc(OCc2cccc(C(=O)O)c2Br)cc1. The first-order valence-corrected chi connectivity index (χ1v) is 11.2. The number of imidazole rings is 1. The van der Waals surface area contributed by atoms with E-state index in [0.717, 1.165) is 51.5 Å². The Hall–Kier alpha value is -3.19. The van der Waals surface area contributed by atoms with Crippen LogP contribution in [-0.4, -0.2) is 25.6 Å². The summed E-state index contributed by atoms with van der Waals surface area (Å²) in [5.74, 6) is 0.767. The van der Waals surface area contributed by atoms with Gasteiger partial charge in [0.25, 0.3) is 0 Å². The number of aromatic nitrogens is 3. The number of carboxylic acid groups (broad SMARTS) is 1. The lowest BCUT2D eigenvalue weighted by Crippen LogP contribution is -2.06. The molecule has 2 aromatic carbocycles. The highest BCUT2D eigenvalue weighted by Crippen LogP contribution is 2.25. The van der Waals surface area contributed by atoms with E-state index in [0.29, 0.717) is 11.0 Å². The van der Waals surface area contributed by atoms with Gasteiger partial charge in [-0.05, 0) is 65.2 Å². The van der Waals surface area contributed by atoms with Gasteiger partial charge in [0.1, 0.15) is 23.7 Å². The number of fused-ring (bicyclic) bond motifs is 1. The highest BCUT2D eigenvalue weighted by molar-refractivity contribution is 9.10. The Morgan fingerprint density at radius 1 is 1.12 bits per heavy atom. The van der Waals surface area contributed by atoms with E-state index in [1.165, 1.54) is 0 Å². The van der Waals surface area contributed by atoms with E-state index in [-0.39, 0.29) is 12.2 Å². The number of aryl methyl sites for hydroxylation is 3. The normalized spacial score (nSPS) is 11.1. The second-order valence-electron chi connectivity index (χ2n) is 7.74. The van der Waals surface area contributed by atoms with Gasteiger partial charge in [-0.15, -0.1) is 0 Å². The molecule has 0 atom stereocenters. The summed E-state index contributed by atoms with van der Waals surface area (Å²) in [5.41, 5.74) is 6.14. The number of carboxylic acids is 1. The van der Waals surface area contributed by atoms with Crippen molar-refractivity contribution in [1.82, 2.24) is 14.5 Å². The topological polar surface area (TPSA) is 77.2 Å². The fourth-order valence-corrected chi connectivity index (χ4v) is 4.32. The van der Waals surface area contributed by atoms with E-state index >= 15 is 0 Å². The number of hydrogen-bond acceptors (Lipinski definition) is 4. The monoisotopic (exact) mass is 493 g/mol. The lowest BCUT2D eigenvalue weighted by molar-refractivity contribution is 0.0695. The van der Waals surface area contributed by atoms with Gasteiger partial charge in [0.2, 0.25) is 0 Å². The Morgan fingerprint density at radius 2 is 1.88 bits per heavy atom. The van der Waals surface area contributed by atoms with Gasteiger partial charge in [-0.1, -0.05) is 31.2 Å². The molecule has 2 aromatic heterocycles. The zero-order valence-corrected chi connectivity index (χ0v) is 19.8. The van der Waals surface area contributed by atoms with Crippen LogP contribution in [0.4, 0.5) is 0 Å². The Labute approximate surface area is 195 Å². The number of rotatable bonds is 7. The Kier molecular flexibility index (Phi) is 6.28. The van der Waals surface area contributed by atoms with E-state index in [1.54, 1.807) is 12.1 Å². The molecule has 32 heavy (non-hydrogen) atoms. The second-order valence-corrected chi connectivity index (χ2v) is 8.53. The zero-order valence-electron chi connectivity index (χ0n) is 18.2. The maximum Gasteiger partial charge on any atom is 0.336 e. The molecule has 7 heteroatoms. The molecule has 164 valence electrons. The zero-order chi connectivity index (χ0) is 22.8. The van der Waals surface area contributed by atoms with Crippen molar-refractivity contribution in [1.29, 1.82) is 0 Å². The van der Waals surface area contributed by atoms with Gasteiger partial charge in [0.05, 0.1) is 12.1 Å². The van der Waals surface area contributed by atoms with E-state index in [9.17, 15) is 9.90 Å². The molecule has 0 amide bonds. The highest BCUT2D eigenvalue weighted by Gasteiger charge is 2.14. The van der Waals surface area contributed by atoms with Crippen molar-refractivity contribution in [3.8, 4) is 5.75 Å². The van der Waals surface area contributed by atoms with Gasteiger partial charge in [-0.3, -0.25) is 0 Å². The molecule has 0 aliphatic heterocycles. The maximum atomic E-state index is 11.3. The van der Waals surface area contributed by atoms with Gasteiger partial charge in [0, 0.05) is 22.2 Å². The van der Waals surface area contributed by atoms with Crippen molar-refractivity contribution < 1.29 is 14.6 Å². The summed E-state index contributed by atoms with van der Waals surface area (Å²) in [4.78, 5) is 20.8. The third-order valence-electron chi connectivity index (χ3n) is 5.38. The van der Waals surface area contributed by atoms with E-state index in [4.69, 9.17) is 14.7 Å². The van der Waals surface area contributed by atoms with E-state index in [1.807, 2.05) is 37.3 Å². The molecule has 1 N–H and O–H groups in total. The minimum atomic E-state index is -0.971. The van der Waals surface area contributed by atoms with Gasteiger partial charge in [0.15, 0.2) is 5.65 Å². The van der Waals surface area contributed by atoms with E-state index in [2.05, 4.69) is 40.4 Å². The standard InChI is InChI=1S/C25H24BrN3O3/c1-4-21-28-23-15(2)12-16(3)27-24(23)29(21)13-17-8-10-19(11-9-17)32-14-18-6-5-7-20(22(18)26)25(30)31/h5-12H,4,13-14H2,1-3H3,(H,30,31). The minimum absolute atomic E-state index is 0.222. The molecule has 0 unspecified atom stereocenters. The van der Waals surface area contributed by atoms with Crippen LogP contribution in [0.15, 0.2) is 53.0 Å². The van der Waals surface area contributed by atoms with Crippen LogP contribution in [0.2, 0.25) is 0 Å². The maximum absolute atomic E-state index is 11.3. The van der Waals surface area contributed by atoms with Gasteiger partial charge in [-0.2, -0.15) is 0 Å². The Balaban J connectivity index is 1.52. The number of pyridine rings is 1. The first-order valence-electron chi connectivity index (χ1n) is 10.4. The third-order valence-corrected chi connectivity index (χ3v) is 6.32. The highest BCUT2D eigenvalue weighted by atomic mass is 79.9. The first-order chi connectivity index (χ1) is 15.4. The molecule has 0 radical (unpaired) electrons. The van der Waals surface area contributed by atoms with Gasteiger partial charge in [-0.25, -0.2) is 14.8 Å². The quantitative estimate of drug-likeness (QED) is 0.357. The molecule has 0 fully saturated rings. The predicted molar refractivity (Wildman–Crippen MR) is 127 cm³/mol. The number of carbonyl (C=O) groups is 1. The molecule has 0 saturated carbocycles. The number of aromatic carboxylic acids is 1. The number of halogens is 1. The van der Waals surface area contributed by atoms with Gasteiger partial charge < -0.3 is 14.4 Å². The van der Waals surface area contributed by atoms with Crippen molar-refractivity contribution >= 4 is 33.1 Å².